The molecule has 0 aromatic heterocycles. The molecule has 4 rings (SSSR count). The minimum Gasteiger partial charge on any atom is -0.337 e. The van der Waals surface area contributed by atoms with Crippen LogP contribution in [0.25, 0.3) is 0 Å². The summed E-state index contributed by atoms with van der Waals surface area (Å²) in [6, 6.07) is 12.0. The molecule has 5 heteroatoms. The summed E-state index contributed by atoms with van der Waals surface area (Å²) in [6.45, 7) is 0.491. The highest BCUT2D eigenvalue weighted by molar-refractivity contribution is 6.35. The first-order valence-corrected chi connectivity index (χ1v) is 6.95. The first-order chi connectivity index (χ1) is 10.6. The first kappa shape index (κ1) is 12.8. The van der Waals surface area contributed by atoms with Crippen molar-refractivity contribution in [3.05, 3.63) is 64.7 Å². The summed E-state index contributed by atoms with van der Waals surface area (Å²) < 4.78 is 0. The Balaban J connectivity index is 1.90. The van der Waals surface area contributed by atoms with Crippen LogP contribution in [0.3, 0.4) is 0 Å². The average molecular weight is 292 g/mol. The van der Waals surface area contributed by atoms with Gasteiger partial charge in [0.2, 0.25) is 0 Å². The third kappa shape index (κ3) is 1.50. The molecule has 22 heavy (non-hydrogen) atoms. The van der Waals surface area contributed by atoms with E-state index < -0.39 is 0 Å². The third-order valence-electron chi connectivity index (χ3n) is 4.13. The van der Waals surface area contributed by atoms with E-state index in [2.05, 4.69) is 0 Å². The molecule has 2 aromatic carbocycles. The molecule has 2 aliphatic rings. The topological polar surface area (TPSA) is 57.7 Å². The molecule has 108 valence electrons. The predicted molar refractivity (Wildman–Crippen MR) is 79.8 cm³/mol. The minimum atomic E-state index is -0.378. The van der Waals surface area contributed by atoms with Crippen molar-refractivity contribution in [2.24, 2.45) is 0 Å². The summed E-state index contributed by atoms with van der Waals surface area (Å²) in [5, 5.41) is 0. The van der Waals surface area contributed by atoms with Crippen LogP contribution < -0.4 is 4.90 Å². The summed E-state index contributed by atoms with van der Waals surface area (Å²) in [7, 11) is 1.70. The lowest BCUT2D eigenvalue weighted by Crippen LogP contribution is -2.31. The maximum Gasteiger partial charge on any atom is 0.266 e. The van der Waals surface area contributed by atoms with Gasteiger partial charge in [0.25, 0.3) is 17.7 Å². The Morgan fingerprint density at radius 2 is 1.45 bits per heavy atom. The molecule has 2 aromatic rings. The Labute approximate surface area is 126 Å². The molecular weight excluding hydrogens is 280 g/mol. The SMILES string of the molecule is CN1Cc2cccc(N3C(=O)c4ccccc4C3=O)c2C1=O. The zero-order chi connectivity index (χ0) is 15.4. The molecule has 3 amide bonds. The number of imide groups is 1. The number of carbonyl (C=O) groups excluding carboxylic acids is 3. The summed E-state index contributed by atoms with van der Waals surface area (Å²) in [6.07, 6.45) is 0. The molecule has 5 nitrogen and oxygen atoms in total. The van der Waals surface area contributed by atoms with E-state index in [1.54, 1.807) is 48.3 Å². The highest BCUT2D eigenvalue weighted by Gasteiger charge is 2.40. The van der Waals surface area contributed by atoms with Crippen molar-refractivity contribution in [1.29, 1.82) is 0 Å². The van der Waals surface area contributed by atoms with Crippen molar-refractivity contribution in [3.8, 4) is 0 Å². The maximum atomic E-state index is 12.6. The molecule has 0 unspecified atom stereocenters. The lowest BCUT2D eigenvalue weighted by molar-refractivity contribution is 0.0817. The lowest BCUT2D eigenvalue weighted by Gasteiger charge is -2.17. The summed E-state index contributed by atoms with van der Waals surface area (Å²) in [5.74, 6) is -0.921. The van der Waals surface area contributed by atoms with Gasteiger partial charge in [-0.25, -0.2) is 4.90 Å². The number of carbonyl (C=O) groups is 3. The molecule has 2 heterocycles. The summed E-state index contributed by atoms with van der Waals surface area (Å²) in [4.78, 5) is 40.2. The van der Waals surface area contributed by atoms with Crippen LogP contribution >= 0.6 is 0 Å². The summed E-state index contributed by atoms with van der Waals surface area (Å²) in [5.41, 5.74) is 2.41. The molecule has 0 aliphatic carbocycles. The van der Waals surface area contributed by atoms with Crippen LogP contribution in [-0.2, 0) is 6.54 Å². The zero-order valence-electron chi connectivity index (χ0n) is 11.9. The molecule has 0 bridgehead atoms. The van der Waals surface area contributed by atoms with Crippen LogP contribution in [0.1, 0.15) is 36.6 Å². The molecule has 0 spiro atoms. The lowest BCUT2D eigenvalue weighted by atomic mass is 10.1. The van der Waals surface area contributed by atoms with Gasteiger partial charge >= 0.3 is 0 Å². The average Bonchev–Trinajstić information content (AvgIpc) is 2.95. The molecular formula is C17H12N2O3. The van der Waals surface area contributed by atoms with E-state index in [0.29, 0.717) is 28.9 Å². The van der Waals surface area contributed by atoms with Gasteiger partial charge in [-0.3, -0.25) is 14.4 Å². The third-order valence-corrected chi connectivity index (χ3v) is 4.13. The molecule has 0 fully saturated rings. The number of hydrogen-bond acceptors (Lipinski definition) is 3. The number of fused-ring (bicyclic) bond motifs is 2. The van der Waals surface area contributed by atoms with Crippen LogP contribution in [0.15, 0.2) is 42.5 Å². The van der Waals surface area contributed by atoms with Crippen molar-refractivity contribution in [2.45, 2.75) is 6.54 Å². The molecule has 0 radical (unpaired) electrons. The van der Waals surface area contributed by atoms with Gasteiger partial charge in [-0.2, -0.15) is 0 Å². The van der Waals surface area contributed by atoms with Gasteiger partial charge in [0, 0.05) is 13.6 Å². The van der Waals surface area contributed by atoms with E-state index in [4.69, 9.17) is 0 Å². The van der Waals surface area contributed by atoms with E-state index >= 15 is 0 Å². The van der Waals surface area contributed by atoms with E-state index in [9.17, 15) is 14.4 Å². The van der Waals surface area contributed by atoms with E-state index in [1.807, 2.05) is 6.07 Å². The monoisotopic (exact) mass is 292 g/mol. The number of rotatable bonds is 1. The zero-order valence-corrected chi connectivity index (χ0v) is 11.9. The van der Waals surface area contributed by atoms with E-state index in [-0.39, 0.29) is 17.7 Å². The van der Waals surface area contributed by atoms with Gasteiger partial charge in [-0.15, -0.1) is 0 Å². The highest BCUT2D eigenvalue weighted by atomic mass is 16.2. The largest absolute Gasteiger partial charge is 0.337 e. The number of amides is 3. The standard InChI is InChI=1S/C17H12N2O3/c1-18-9-10-5-4-8-13(14(10)17(18)22)19-15(20)11-6-2-3-7-12(11)16(19)21/h2-8H,9H2,1H3. The fourth-order valence-electron chi connectivity index (χ4n) is 3.08. The van der Waals surface area contributed by atoms with Gasteiger partial charge < -0.3 is 4.90 Å². The van der Waals surface area contributed by atoms with Crippen LogP contribution in [0, 0.1) is 0 Å². The molecule has 0 N–H and O–H groups in total. The molecule has 2 aliphatic heterocycles. The molecule has 0 saturated carbocycles. The molecule has 0 atom stereocenters. The van der Waals surface area contributed by atoms with Crippen molar-refractivity contribution < 1.29 is 14.4 Å². The van der Waals surface area contributed by atoms with Crippen molar-refractivity contribution in [3.63, 3.8) is 0 Å². The van der Waals surface area contributed by atoms with Gasteiger partial charge in [-0.05, 0) is 23.8 Å². The Hall–Kier alpha value is -2.95. The predicted octanol–water partition coefficient (Wildman–Crippen LogP) is 2.07. The second kappa shape index (κ2) is 4.27. The van der Waals surface area contributed by atoms with Crippen LogP contribution in [-0.4, -0.2) is 29.7 Å². The Morgan fingerprint density at radius 3 is 2.09 bits per heavy atom. The number of anilines is 1. The maximum absolute atomic E-state index is 12.6. The Morgan fingerprint density at radius 1 is 0.818 bits per heavy atom. The number of benzene rings is 2. The van der Waals surface area contributed by atoms with Crippen molar-refractivity contribution in [1.82, 2.24) is 4.90 Å². The van der Waals surface area contributed by atoms with Crippen molar-refractivity contribution >= 4 is 23.4 Å². The second-order valence-electron chi connectivity index (χ2n) is 5.46. The quantitative estimate of drug-likeness (QED) is 0.756. The second-order valence-corrected chi connectivity index (χ2v) is 5.46. The Kier molecular flexibility index (Phi) is 2.48. The van der Waals surface area contributed by atoms with E-state index in [1.165, 1.54) is 0 Å². The first-order valence-electron chi connectivity index (χ1n) is 6.95. The fourth-order valence-corrected chi connectivity index (χ4v) is 3.08. The smallest absolute Gasteiger partial charge is 0.266 e. The number of nitrogens with zero attached hydrogens (tertiary/aromatic N) is 2. The van der Waals surface area contributed by atoms with E-state index in [0.717, 1.165) is 10.5 Å². The fraction of sp³-hybridized carbons (Fsp3) is 0.118. The number of hydrogen-bond donors (Lipinski definition) is 0. The highest BCUT2D eigenvalue weighted by Crippen LogP contribution is 2.35. The van der Waals surface area contributed by atoms with Gasteiger partial charge in [0.15, 0.2) is 0 Å². The van der Waals surface area contributed by atoms with Crippen molar-refractivity contribution in [2.75, 3.05) is 11.9 Å². The van der Waals surface area contributed by atoms with Crippen LogP contribution in [0.5, 0.6) is 0 Å². The van der Waals surface area contributed by atoms with Crippen LogP contribution in [0.2, 0.25) is 0 Å². The molecule has 0 saturated heterocycles. The summed E-state index contributed by atoms with van der Waals surface area (Å²) >= 11 is 0. The van der Waals surface area contributed by atoms with Gasteiger partial charge in [-0.1, -0.05) is 24.3 Å². The minimum absolute atomic E-state index is 0.165. The van der Waals surface area contributed by atoms with Gasteiger partial charge in [0.05, 0.1) is 22.4 Å². The normalized spacial score (nSPS) is 16.3. The van der Waals surface area contributed by atoms with Gasteiger partial charge in [0.1, 0.15) is 0 Å². The van der Waals surface area contributed by atoms with Crippen LogP contribution in [0.4, 0.5) is 5.69 Å². The Bertz CT molecular complexity index is 822.